The third-order valence-corrected chi connectivity index (χ3v) is 5.43. The van der Waals surface area contributed by atoms with Gasteiger partial charge in [0, 0.05) is 25.6 Å². The van der Waals surface area contributed by atoms with E-state index >= 15 is 0 Å². The fourth-order valence-electron chi connectivity index (χ4n) is 4.28. The van der Waals surface area contributed by atoms with Gasteiger partial charge in [0.05, 0.1) is 17.2 Å². The third-order valence-electron chi connectivity index (χ3n) is 5.43. The van der Waals surface area contributed by atoms with Gasteiger partial charge in [0.2, 0.25) is 0 Å². The fourth-order valence-corrected chi connectivity index (χ4v) is 4.28. The van der Waals surface area contributed by atoms with Gasteiger partial charge in [-0.1, -0.05) is 42.5 Å². The molecule has 0 spiro atoms. The Hall–Kier alpha value is -2.34. The van der Waals surface area contributed by atoms with Crippen LogP contribution < -0.4 is 5.32 Å². The number of likely N-dealkylation sites (tertiary alicyclic amines) is 1. The van der Waals surface area contributed by atoms with Crippen LogP contribution in [-0.4, -0.2) is 30.4 Å². The molecule has 26 heavy (non-hydrogen) atoms. The Labute approximate surface area is 149 Å². The van der Waals surface area contributed by atoms with Crippen molar-refractivity contribution in [1.29, 1.82) is 0 Å². The lowest BCUT2D eigenvalue weighted by molar-refractivity contribution is -0.138. The summed E-state index contributed by atoms with van der Waals surface area (Å²) in [5, 5.41) is 3.34. The maximum Gasteiger partial charge on any atom is 0.417 e. The van der Waals surface area contributed by atoms with Gasteiger partial charge in [-0.15, -0.1) is 0 Å². The van der Waals surface area contributed by atoms with Crippen LogP contribution >= 0.6 is 0 Å². The van der Waals surface area contributed by atoms with Gasteiger partial charge in [-0.05, 0) is 23.6 Å². The summed E-state index contributed by atoms with van der Waals surface area (Å²) in [6.07, 6.45) is -4.55. The van der Waals surface area contributed by atoms with Gasteiger partial charge in [0.25, 0.3) is 5.91 Å². The molecular formula is C20H19F3N2O. The van der Waals surface area contributed by atoms with Gasteiger partial charge in [-0.3, -0.25) is 4.79 Å². The first kappa shape index (κ1) is 17.1. The highest BCUT2D eigenvalue weighted by Gasteiger charge is 2.48. The first-order chi connectivity index (χ1) is 12.5. The second kappa shape index (κ2) is 6.43. The lowest BCUT2D eigenvalue weighted by Crippen LogP contribution is -2.35. The highest BCUT2D eigenvalue weighted by Crippen LogP contribution is 2.44. The van der Waals surface area contributed by atoms with Crippen LogP contribution in [0.25, 0.3) is 0 Å². The number of rotatable bonds is 2. The predicted octanol–water partition coefficient (Wildman–Crippen LogP) is 3.74. The maximum atomic E-state index is 13.4. The minimum Gasteiger partial charge on any atom is -0.331 e. The van der Waals surface area contributed by atoms with Crippen LogP contribution in [0.15, 0.2) is 54.6 Å². The molecular weight excluding hydrogens is 341 g/mol. The molecule has 0 aromatic heterocycles. The molecule has 3 atom stereocenters. The molecule has 2 aliphatic rings. The van der Waals surface area contributed by atoms with Crippen LogP contribution in [0.1, 0.15) is 27.5 Å². The number of amides is 1. The van der Waals surface area contributed by atoms with Crippen molar-refractivity contribution in [1.82, 2.24) is 10.2 Å². The first-order valence-corrected chi connectivity index (χ1v) is 8.69. The van der Waals surface area contributed by atoms with Gasteiger partial charge in [-0.25, -0.2) is 0 Å². The third kappa shape index (κ3) is 2.88. The van der Waals surface area contributed by atoms with Gasteiger partial charge in [0.1, 0.15) is 0 Å². The molecule has 4 rings (SSSR count). The zero-order valence-electron chi connectivity index (χ0n) is 14.0. The number of benzene rings is 2. The Morgan fingerprint density at radius 3 is 2.42 bits per heavy atom. The van der Waals surface area contributed by atoms with E-state index < -0.39 is 17.6 Å². The standard InChI is InChI=1S/C20H19F3N2O/c21-20(22,23)17-9-5-4-8-15(17)19(26)25-12-14-10-24-11-16(14)18(25)13-6-2-1-3-7-13/h1-9,14,16,18,24H,10-12H2/t14-,16-,18+/m0/s1. The van der Waals surface area contributed by atoms with E-state index in [1.807, 2.05) is 30.3 Å². The van der Waals surface area contributed by atoms with Crippen LogP contribution in [-0.2, 0) is 6.18 Å². The zero-order valence-corrected chi connectivity index (χ0v) is 14.0. The fraction of sp³-hybridized carbons (Fsp3) is 0.350. The summed E-state index contributed by atoms with van der Waals surface area (Å²) < 4.78 is 40.1. The zero-order chi connectivity index (χ0) is 18.3. The molecule has 0 aliphatic carbocycles. The van der Waals surface area contributed by atoms with E-state index in [-0.39, 0.29) is 23.4 Å². The molecule has 136 valence electrons. The van der Waals surface area contributed by atoms with Crippen molar-refractivity contribution >= 4 is 5.91 Å². The van der Waals surface area contributed by atoms with E-state index in [1.54, 1.807) is 4.90 Å². The van der Waals surface area contributed by atoms with Crippen LogP contribution in [0.4, 0.5) is 13.2 Å². The van der Waals surface area contributed by atoms with Gasteiger partial charge in [0.15, 0.2) is 0 Å². The molecule has 0 saturated carbocycles. The second-order valence-corrected chi connectivity index (χ2v) is 6.94. The average Bonchev–Trinajstić information content (AvgIpc) is 3.22. The SMILES string of the molecule is O=C(c1ccccc1C(F)(F)F)N1C[C@@H]2CNC[C@@H]2[C@H]1c1ccccc1. The van der Waals surface area contributed by atoms with E-state index in [9.17, 15) is 18.0 Å². The summed E-state index contributed by atoms with van der Waals surface area (Å²) in [5.74, 6) is -0.0530. The largest absolute Gasteiger partial charge is 0.417 e. The molecule has 2 heterocycles. The molecule has 0 radical (unpaired) electrons. The topological polar surface area (TPSA) is 32.3 Å². The van der Waals surface area contributed by atoms with Crippen molar-refractivity contribution in [2.45, 2.75) is 12.2 Å². The summed E-state index contributed by atoms with van der Waals surface area (Å²) in [5.41, 5.74) is -0.164. The van der Waals surface area contributed by atoms with Crippen LogP contribution in [0, 0.1) is 11.8 Å². The summed E-state index contributed by atoms with van der Waals surface area (Å²) in [6.45, 7) is 2.04. The van der Waals surface area contributed by atoms with Crippen molar-refractivity contribution < 1.29 is 18.0 Å². The Balaban J connectivity index is 1.74. The van der Waals surface area contributed by atoms with E-state index in [0.717, 1.165) is 24.7 Å². The Morgan fingerprint density at radius 2 is 1.69 bits per heavy atom. The molecule has 0 bridgehead atoms. The predicted molar refractivity (Wildman–Crippen MR) is 91.5 cm³/mol. The number of nitrogens with zero attached hydrogens (tertiary/aromatic N) is 1. The van der Waals surface area contributed by atoms with Crippen molar-refractivity contribution in [3.05, 3.63) is 71.3 Å². The average molecular weight is 360 g/mol. The van der Waals surface area contributed by atoms with Crippen molar-refractivity contribution in [3.63, 3.8) is 0 Å². The van der Waals surface area contributed by atoms with Crippen LogP contribution in [0.2, 0.25) is 0 Å². The van der Waals surface area contributed by atoms with Gasteiger partial charge < -0.3 is 10.2 Å². The molecule has 1 N–H and O–H groups in total. The Kier molecular flexibility index (Phi) is 4.23. The molecule has 2 aliphatic heterocycles. The number of carbonyl (C=O) groups excluding carboxylic acids is 1. The number of carbonyl (C=O) groups is 1. The monoisotopic (exact) mass is 360 g/mol. The van der Waals surface area contributed by atoms with Crippen molar-refractivity contribution in [3.8, 4) is 0 Å². The number of fused-ring (bicyclic) bond motifs is 1. The smallest absolute Gasteiger partial charge is 0.331 e. The molecule has 1 amide bonds. The molecule has 6 heteroatoms. The highest BCUT2D eigenvalue weighted by molar-refractivity contribution is 5.96. The number of hydrogen-bond acceptors (Lipinski definition) is 2. The molecule has 2 fully saturated rings. The van der Waals surface area contributed by atoms with Crippen molar-refractivity contribution in [2.75, 3.05) is 19.6 Å². The second-order valence-electron chi connectivity index (χ2n) is 6.94. The highest BCUT2D eigenvalue weighted by atomic mass is 19.4. The number of nitrogens with one attached hydrogen (secondary N) is 1. The summed E-state index contributed by atoms with van der Waals surface area (Å²) >= 11 is 0. The maximum absolute atomic E-state index is 13.4. The number of hydrogen-bond donors (Lipinski definition) is 1. The molecule has 2 aromatic carbocycles. The Bertz CT molecular complexity index is 806. The number of halogens is 3. The molecule has 2 aromatic rings. The minimum atomic E-state index is -4.55. The van der Waals surface area contributed by atoms with Crippen LogP contribution in [0.5, 0.6) is 0 Å². The van der Waals surface area contributed by atoms with Crippen LogP contribution in [0.3, 0.4) is 0 Å². The van der Waals surface area contributed by atoms with Crippen molar-refractivity contribution in [2.24, 2.45) is 11.8 Å². The molecule has 2 saturated heterocycles. The van der Waals surface area contributed by atoms with E-state index in [1.165, 1.54) is 18.2 Å². The Morgan fingerprint density at radius 1 is 1.00 bits per heavy atom. The normalized spacial score (nSPS) is 25.3. The van der Waals surface area contributed by atoms with E-state index in [2.05, 4.69) is 5.32 Å². The van der Waals surface area contributed by atoms with E-state index in [4.69, 9.17) is 0 Å². The van der Waals surface area contributed by atoms with Gasteiger partial charge >= 0.3 is 6.18 Å². The van der Waals surface area contributed by atoms with Gasteiger partial charge in [-0.2, -0.15) is 13.2 Å². The first-order valence-electron chi connectivity index (χ1n) is 8.69. The van der Waals surface area contributed by atoms with E-state index in [0.29, 0.717) is 6.54 Å². The quantitative estimate of drug-likeness (QED) is 0.885. The summed E-state index contributed by atoms with van der Waals surface area (Å²) in [6, 6.07) is 14.4. The lowest BCUT2D eigenvalue weighted by Gasteiger charge is -2.29. The lowest BCUT2D eigenvalue weighted by atomic mass is 9.89. The molecule has 3 nitrogen and oxygen atoms in total. The minimum absolute atomic E-state index is 0.204. The number of alkyl halides is 3. The summed E-state index contributed by atoms with van der Waals surface area (Å²) in [4.78, 5) is 14.8. The molecule has 0 unspecified atom stereocenters. The summed E-state index contributed by atoms with van der Waals surface area (Å²) in [7, 11) is 0.